The van der Waals surface area contributed by atoms with E-state index < -0.39 is 0 Å². The van der Waals surface area contributed by atoms with Gasteiger partial charge in [0.2, 0.25) is 0 Å². The van der Waals surface area contributed by atoms with Crippen molar-refractivity contribution in [2.45, 2.75) is 27.2 Å². The van der Waals surface area contributed by atoms with Crippen molar-refractivity contribution in [3.63, 3.8) is 0 Å². The third-order valence-electron chi connectivity index (χ3n) is 0.984. The molecule has 2 heteroatoms. The fourth-order valence-electron chi connectivity index (χ4n) is 0.746. The van der Waals surface area contributed by atoms with Gasteiger partial charge in [-0.25, -0.2) is 0 Å². The molecule has 0 radical (unpaired) electrons. The van der Waals surface area contributed by atoms with Gasteiger partial charge in [-0.05, 0) is 11.8 Å². The zero-order valence-corrected chi connectivity index (χ0v) is 6.81. The molecule has 0 aliphatic carbocycles. The smallest absolute Gasteiger partial charge is 0.0930 e. The third-order valence-corrected chi connectivity index (χ3v) is 0.984. The van der Waals surface area contributed by atoms with Gasteiger partial charge < -0.3 is 5.73 Å². The van der Waals surface area contributed by atoms with Crippen LogP contribution in [0.3, 0.4) is 0 Å². The molecule has 0 bridgehead atoms. The fourth-order valence-corrected chi connectivity index (χ4v) is 0.746. The molecular formula is C8H14N2. The Labute approximate surface area is 62.3 Å². The van der Waals surface area contributed by atoms with Crippen molar-refractivity contribution in [2.75, 3.05) is 0 Å². The van der Waals surface area contributed by atoms with Crippen LogP contribution in [0.2, 0.25) is 0 Å². The van der Waals surface area contributed by atoms with Crippen LogP contribution in [0, 0.1) is 16.7 Å². The van der Waals surface area contributed by atoms with Crippen molar-refractivity contribution in [2.24, 2.45) is 11.1 Å². The summed E-state index contributed by atoms with van der Waals surface area (Å²) in [6.07, 6.45) is 2.17. The highest BCUT2D eigenvalue weighted by Gasteiger charge is 2.10. The maximum absolute atomic E-state index is 8.23. The summed E-state index contributed by atoms with van der Waals surface area (Å²) in [6, 6.07) is 1.90. The SMILES string of the molecule is CC(C)(C)C/C(N)=C/C#N. The summed E-state index contributed by atoms with van der Waals surface area (Å²) >= 11 is 0. The number of hydrogen-bond acceptors (Lipinski definition) is 2. The molecule has 0 atom stereocenters. The monoisotopic (exact) mass is 138 g/mol. The van der Waals surface area contributed by atoms with Crippen LogP contribution in [-0.2, 0) is 0 Å². The van der Waals surface area contributed by atoms with Gasteiger partial charge in [-0.1, -0.05) is 20.8 Å². The van der Waals surface area contributed by atoms with Crippen LogP contribution in [0.4, 0.5) is 0 Å². The van der Waals surface area contributed by atoms with Crippen LogP contribution >= 0.6 is 0 Å². The number of nitrogens with two attached hydrogens (primary N) is 1. The molecule has 0 aromatic rings. The number of rotatable bonds is 1. The Kier molecular flexibility index (Phi) is 2.95. The minimum atomic E-state index is 0.178. The van der Waals surface area contributed by atoms with Gasteiger partial charge in [0.25, 0.3) is 0 Å². The van der Waals surface area contributed by atoms with Crippen molar-refractivity contribution in [3.05, 3.63) is 11.8 Å². The lowest BCUT2D eigenvalue weighted by molar-refractivity contribution is 0.408. The molecule has 10 heavy (non-hydrogen) atoms. The van der Waals surface area contributed by atoms with Crippen LogP contribution in [0.1, 0.15) is 27.2 Å². The predicted octanol–water partition coefficient (Wildman–Crippen LogP) is 1.79. The number of nitriles is 1. The van der Waals surface area contributed by atoms with Gasteiger partial charge >= 0.3 is 0 Å². The standard InChI is InChI=1S/C8H14N2/c1-8(2,3)6-7(10)4-5-9/h4H,6,10H2,1-3H3/b7-4-. The van der Waals surface area contributed by atoms with Crippen LogP contribution < -0.4 is 5.73 Å². The van der Waals surface area contributed by atoms with E-state index in [-0.39, 0.29) is 5.41 Å². The molecular weight excluding hydrogens is 124 g/mol. The van der Waals surface area contributed by atoms with Gasteiger partial charge in [-0.2, -0.15) is 5.26 Å². The zero-order chi connectivity index (χ0) is 8.20. The first-order valence-corrected chi connectivity index (χ1v) is 3.30. The fraction of sp³-hybridized carbons (Fsp3) is 0.625. The van der Waals surface area contributed by atoms with Crippen molar-refractivity contribution >= 4 is 0 Å². The van der Waals surface area contributed by atoms with Gasteiger partial charge in [0.15, 0.2) is 0 Å². The molecule has 0 aromatic carbocycles. The first-order valence-electron chi connectivity index (χ1n) is 3.30. The Morgan fingerprint density at radius 3 is 2.40 bits per heavy atom. The van der Waals surface area contributed by atoms with Crippen molar-refractivity contribution < 1.29 is 0 Å². The van der Waals surface area contributed by atoms with Gasteiger partial charge in [0.1, 0.15) is 0 Å². The summed E-state index contributed by atoms with van der Waals surface area (Å²) in [5.41, 5.74) is 6.35. The van der Waals surface area contributed by atoms with E-state index >= 15 is 0 Å². The summed E-state index contributed by atoms with van der Waals surface area (Å²) in [7, 11) is 0. The highest BCUT2D eigenvalue weighted by molar-refractivity contribution is 5.11. The van der Waals surface area contributed by atoms with Gasteiger partial charge in [0.05, 0.1) is 6.07 Å². The molecule has 0 rings (SSSR count). The average molecular weight is 138 g/mol. The lowest BCUT2D eigenvalue weighted by Crippen LogP contribution is -2.10. The lowest BCUT2D eigenvalue weighted by Gasteiger charge is -2.17. The van der Waals surface area contributed by atoms with E-state index in [1.54, 1.807) is 0 Å². The minimum absolute atomic E-state index is 0.178. The Morgan fingerprint density at radius 1 is 1.60 bits per heavy atom. The summed E-state index contributed by atoms with van der Waals surface area (Å²) < 4.78 is 0. The molecule has 0 unspecified atom stereocenters. The molecule has 2 N–H and O–H groups in total. The Bertz CT molecular complexity index is 167. The second-order valence-corrected chi connectivity index (χ2v) is 3.59. The van der Waals surface area contributed by atoms with E-state index in [0.29, 0.717) is 5.70 Å². The molecule has 56 valence electrons. The van der Waals surface area contributed by atoms with Crippen LogP contribution in [-0.4, -0.2) is 0 Å². The lowest BCUT2D eigenvalue weighted by atomic mass is 9.91. The number of nitrogens with zero attached hydrogens (tertiary/aromatic N) is 1. The molecule has 2 nitrogen and oxygen atoms in total. The van der Waals surface area contributed by atoms with Crippen molar-refractivity contribution in [1.29, 1.82) is 5.26 Å². The van der Waals surface area contributed by atoms with E-state index in [2.05, 4.69) is 20.8 Å². The van der Waals surface area contributed by atoms with Crippen LogP contribution in [0.5, 0.6) is 0 Å². The Hall–Kier alpha value is -0.970. The van der Waals surface area contributed by atoms with E-state index in [1.807, 2.05) is 6.07 Å². The number of hydrogen-bond donors (Lipinski definition) is 1. The summed E-state index contributed by atoms with van der Waals surface area (Å²) in [4.78, 5) is 0. The highest BCUT2D eigenvalue weighted by Crippen LogP contribution is 2.20. The second kappa shape index (κ2) is 3.26. The molecule has 0 spiro atoms. The van der Waals surface area contributed by atoms with Gasteiger partial charge in [-0.3, -0.25) is 0 Å². The first kappa shape index (κ1) is 9.03. The zero-order valence-electron chi connectivity index (χ0n) is 6.81. The number of allylic oxidation sites excluding steroid dienone is 2. The highest BCUT2D eigenvalue weighted by atomic mass is 14.6. The Balaban J connectivity index is 3.95. The Morgan fingerprint density at radius 2 is 2.10 bits per heavy atom. The van der Waals surface area contributed by atoms with Gasteiger partial charge in [-0.15, -0.1) is 0 Å². The van der Waals surface area contributed by atoms with Crippen molar-refractivity contribution in [1.82, 2.24) is 0 Å². The molecule has 0 aromatic heterocycles. The summed E-state index contributed by atoms with van der Waals surface area (Å²) in [5, 5.41) is 8.23. The predicted molar refractivity (Wildman–Crippen MR) is 42.0 cm³/mol. The second-order valence-electron chi connectivity index (χ2n) is 3.59. The molecule has 0 saturated carbocycles. The van der Waals surface area contributed by atoms with E-state index in [9.17, 15) is 0 Å². The van der Waals surface area contributed by atoms with Crippen molar-refractivity contribution in [3.8, 4) is 6.07 Å². The van der Waals surface area contributed by atoms with Gasteiger partial charge in [0, 0.05) is 11.8 Å². The largest absolute Gasteiger partial charge is 0.401 e. The normalized spacial score (nSPS) is 12.8. The van der Waals surface area contributed by atoms with Crippen LogP contribution in [0.25, 0.3) is 0 Å². The molecule has 0 aliphatic heterocycles. The van der Waals surface area contributed by atoms with E-state index in [4.69, 9.17) is 11.0 Å². The minimum Gasteiger partial charge on any atom is -0.401 e. The average Bonchev–Trinajstić information content (AvgIpc) is 1.59. The molecule has 0 fully saturated rings. The molecule has 0 heterocycles. The quantitative estimate of drug-likeness (QED) is 0.561. The molecule has 0 saturated heterocycles. The molecule has 0 aliphatic rings. The topological polar surface area (TPSA) is 49.8 Å². The first-order chi connectivity index (χ1) is 4.45. The van der Waals surface area contributed by atoms with E-state index in [1.165, 1.54) is 6.08 Å². The van der Waals surface area contributed by atoms with Crippen LogP contribution in [0.15, 0.2) is 11.8 Å². The van der Waals surface area contributed by atoms with E-state index in [0.717, 1.165) is 6.42 Å². The summed E-state index contributed by atoms with van der Waals surface area (Å²) in [5.74, 6) is 0. The summed E-state index contributed by atoms with van der Waals surface area (Å²) in [6.45, 7) is 6.27. The maximum atomic E-state index is 8.23. The third kappa shape index (κ3) is 5.17. The maximum Gasteiger partial charge on any atom is 0.0930 e. The molecule has 0 amide bonds.